The number of hydrogen-bond acceptors (Lipinski definition) is 3. The number of ether oxygens (including phenoxy) is 1. The quantitative estimate of drug-likeness (QED) is 0.597. The van der Waals surface area contributed by atoms with Crippen molar-refractivity contribution in [1.82, 2.24) is 10.6 Å². The number of carbonyl (C=O) groups excluding carboxylic acids is 2. The molecule has 0 saturated heterocycles. The number of alkyl carbamates (subject to hydrolysis) is 1. The Labute approximate surface area is 114 Å². The second-order valence-corrected chi connectivity index (χ2v) is 5.58. The molecule has 1 aliphatic carbocycles. The van der Waals surface area contributed by atoms with Crippen LogP contribution in [0.2, 0.25) is 0 Å². The van der Waals surface area contributed by atoms with Crippen molar-refractivity contribution >= 4 is 12.0 Å². The molecule has 0 aromatic rings. The average molecular weight is 266 g/mol. The number of carbonyl (C=O) groups is 2. The van der Waals surface area contributed by atoms with Gasteiger partial charge in [-0.15, -0.1) is 0 Å². The molecule has 1 saturated carbocycles. The third kappa shape index (κ3) is 8.95. The molecule has 1 rings (SSSR count). The zero-order valence-corrected chi connectivity index (χ0v) is 11.8. The number of rotatable bonds is 4. The fourth-order valence-electron chi connectivity index (χ4n) is 1.23. The van der Waals surface area contributed by atoms with Gasteiger partial charge in [0.2, 0.25) is 0 Å². The van der Waals surface area contributed by atoms with Crippen LogP contribution < -0.4 is 10.6 Å². The van der Waals surface area contributed by atoms with Crippen molar-refractivity contribution in [3.63, 3.8) is 0 Å². The first-order chi connectivity index (χ1) is 8.87. The molecule has 2 amide bonds. The highest BCUT2D eigenvalue weighted by molar-refractivity contribution is 5.93. The fraction of sp³-hybridized carbons (Fsp3) is 0.714. The fourth-order valence-corrected chi connectivity index (χ4v) is 1.23. The van der Waals surface area contributed by atoms with Gasteiger partial charge in [-0.05, 0) is 46.0 Å². The maximum absolute atomic E-state index is 11.3. The van der Waals surface area contributed by atoms with Crippen molar-refractivity contribution in [1.29, 1.82) is 0 Å². The van der Waals surface area contributed by atoms with Crippen molar-refractivity contribution < 1.29 is 14.3 Å². The maximum Gasteiger partial charge on any atom is 0.407 e. The van der Waals surface area contributed by atoms with Crippen LogP contribution in [0.3, 0.4) is 0 Å². The number of hydrogen-bond donors (Lipinski definition) is 2. The summed E-state index contributed by atoms with van der Waals surface area (Å²) in [5, 5.41) is 5.31. The van der Waals surface area contributed by atoms with Gasteiger partial charge in [0.15, 0.2) is 0 Å². The van der Waals surface area contributed by atoms with Crippen LogP contribution in [0.25, 0.3) is 0 Å². The molecule has 106 valence electrons. The van der Waals surface area contributed by atoms with Crippen LogP contribution >= 0.6 is 0 Å². The van der Waals surface area contributed by atoms with Crippen LogP contribution in [0, 0.1) is 17.8 Å². The van der Waals surface area contributed by atoms with Crippen molar-refractivity contribution in [3.8, 4) is 11.8 Å². The SMILES string of the molecule is CC(C)(C)OC(=O)NCCCNC(=O)C#CC1CC1. The van der Waals surface area contributed by atoms with Gasteiger partial charge in [0.05, 0.1) is 0 Å². The molecular weight excluding hydrogens is 244 g/mol. The average Bonchev–Trinajstić information content (AvgIpc) is 3.07. The Kier molecular flexibility index (Phi) is 5.68. The molecule has 1 fully saturated rings. The molecule has 0 atom stereocenters. The number of nitrogens with one attached hydrogen (secondary N) is 2. The normalized spacial score (nSPS) is 14.1. The second-order valence-electron chi connectivity index (χ2n) is 5.58. The minimum absolute atomic E-state index is 0.246. The molecule has 0 radical (unpaired) electrons. The summed E-state index contributed by atoms with van der Waals surface area (Å²) in [6.07, 6.45) is 2.43. The van der Waals surface area contributed by atoms with Crippen molar-refractivity contribution in [2.75, 3.05) is 13.1 Å². The third-order valence-corrected chi connectivity index (χ3v) is 2.27. The highest BCUT2D eigenvalue weighted by atomic mass is 16.6. The van der Waals surface area contributed by atoms with Crippen LogP contribution in [0.4, 0.5) is 4.79 Å². The summed E-state index contributed by atoms with van der Waals surface area (Å²) in [6, 6.07) is 0. The standard InChI is InChI=1S/C14H22N2O3/c1-14(2,3)19-13(18)16-10-4-9-15-12(17)8-7-11-5-6-11/h11H,4-6,9-10H2,1-3H3,(H,15,17)(H,16,18). The Morgan fingerprint density at radius 1 is 1.21 bits per heavy atom. The summed E-state index contributed by atoms with van der Waals surface area (Å²) >= 11 is 0. The molecule has 0 heterocycles. The van der Waals surface area contributed by atoms with Crippen LogP contribution in [0.1, 0.15) is 40.0 Å². The first-order valence-corrected chi connectivity index (χ1v) is 6.63. The van der Waals surface area contributed by atoms with E-state index in [0.717, 1.165) is 12.8 Å². The van der Waals surface area contributed by atoms with E-state index in [1.165, 1.54) is 0 Å². The Morgan fingerprint density at radius 3 is 2.42 bits per heavy atom. The molecule has 0 aromatic carbocycles. The molecule has 0 unspecified atom stereocenters. The summed E-state index contributed by atoms with van der Waals surface area (Å²) < 4.78 is 5.08. The molecule has 0 aliphatic heterocycles. The van der Waals surface area contributed by atoms with Gasteiger partial charge in [0, 0.05) is 19.0 Å². The van der Waals surface area contributed by atoms with Crippen molar-refractivity contribution in [3.05, 3.63) is 0 Å². The van der Waals surface area contributed by atoms with Gasteiger partial charge < -0.3 is 15.4 Å². The molecule has 19 heavy (non-hydrogen) atoms. The Balaban J connectivity index is 2.00. The van der Waals surface area contributed by atoms with Gasteiger partial charge in [0.1, 0.15) is 5.60 Å². The Bertz CT molecular complexity index is 384. The van der Waals surface area contributed by atoms with Crippen LogP contribution in [0.15, 0.2) is 0 Å². The summed E-state index contributed by atoms with van der Waals surface area (Å²) in [5.41, 5.74) is -0.489. The van der Waals surface area contributed by atoms with E-state index in [4.69, 9.17) is 4.74 Å². The Hall–Kier alpha value is -1.70. The molecule has 0 spiro atoms. The van der Waals surface area contributed by atoms with E-state index in [2.05, 4.69) is 22.5 Å². The van der Waals surface area contributed by atoms with E-state index in [0.29, 0.717) is 25.4 Å². The minimum Gasteiger partial charge on any atom is -0.444 e. The van der Waals surface area contributed by atoms with Gasteiger partial charge in [0.25, 0.3) is 5.91 Å². The molecule has 0 aromatic heterocycles. The first kappa shape index (κ1) is 15.4. The monoisotopic (exact) mass is 266 g/mol. The maximum atomic E-state index is 11.3. The zero-order valence-electron chi connectivity index (χ0n) is 11.8. The lowest BCUT2D eigenvalue weighted by Gasteiger charge is -2.19. The summed E-state index contributed by atoms with van der Waals surface area (Å²) in [5.74, 6) is 5.64. The van der Waals surface area contributed by atoms with E-state index in [-0.39, 0.29) is 5.91 Å². The highest BCUT2D eigenvalue weighted by Gasteiger charge is 2.18. The van der Waals surface area contributed by atoms with E-state index >= 15 is 0 Å². The molecule has 2 N–H and O–H groups in total. The van der Waals surface area contributed by atoms with Crippen molar-refractivity contribution in [2.24, 2.45) is 5.92 Å². The van der Waals surface area contributed by atoms with E-state index in [9.17, 15) is 9.59 Å². The van der Waals surface area contributed by atoms with Gasteiger partial charge >= 0.3 is 6.09 Å². The predicted molar refractivity (Wildman–Crippen MR) is 72.4 cm³/mol. The van der Waals surface area contributed by atoms with Gasteiger partial charge in [-0.25, -0.2) is 4.79 Å². The Morgan fingerprint density at radius 2 is 1.84 bits per heavy atom. The largest absolute Gasteiger partial charge is 0.444 e. The van der Waals surface area contributed by atoms with Crippen LogP contribution in [-0.4, -0.2) is 30.7 Å². The lowest BCUT2D eigenvalue weighted by molar-refractivity contribution is -0.115. The van der Waals surface area contributed by atoms with Crippen LogP contribution in [-0.2, 0) is 9.53 Å². The minimum atomic E-state index is -0.489. The molecule has 5 nitrogen and oxygen atoms in total. The summed E-state index contributed by atoms with van der Waals surface area (Å²) in [4.78, 5) is 22.6. The second kappa shape index (κ2) is 7.03. The zero-order chi connectivity index (χ0) is 14.3. The van der Waals surface area contributed by atoms with Gasteiger partial charge in [-0.2, -0.15) is 0 Å². The van der Waals surface area contributed by atoms with E-state index in [1.807, 2.05) is 20.8 Å². The number of amides is 2. The third-order valence-electron chi connectivity index (χ3n) is 2.27. The van der Waals surface area contributed by atoms with Gasteiger partial charge in [-0.1, -0.05) is 5.92 Å². The predicted octanol–water partition coefficient (Wildman–Crippen LogP) is 1.43. The molecule has 5 heteroatoms. The molecular formula is C14H22N2O3. The lowest BCUT2D eigenvalue weighted by atomic mass is 10.2. The first-order valence-electron chi connectivity index (χ1n) is 6.63. The van der Waals surface area contributed by atoms with E-state index < -0.39 is 11.7 Å². The molecule has 0 bridgehead atoms. The van der Waals surface area contributed by atoms with Crippen molar-refractivity contribution in [2.45, 2.75) is 45.6 Å². The smallest absolute Gasteiger partial charge is 0.407 e. The topological polar surface area (TPSA) is 67.4 Å². The summed E-state index contributed by atoms with van der Waals surface area (Å²) in [7, 11) is 0. The molecule has 1 aliphatic rings. The van der Waals surface area contributed by atoms with Crippen LogP contribution in [0.5, 0.6) is 0 Å². The van der Waals surface area contributed by atoms with Gasteiger partial charge in [-0.3, -0.25) is 4.79 Å². The lowest BCUT2D eigenvalue weighted by Crippen LogP contribution is -2.34. The summed E-state index contributed by atoms with van der Waals surface area (Å²) in [6.45, 7) is 6.39. The van der Waals surface area contributed by atoms with E-state index in [1.54, 1.807) is 0 Å². The highest BCUT2D eigenvalue weighted by Crippen LogP contribution is 2.27.